The molecule has 2 aromatic carbocycles. The predicted molar refractivity (Wildman–Crippen MR) is 121 cm³/mol. The first-order valence-corrected chi connectivity index (χ1v) is 10.4. The summed E-state index contributed by atoms with van der Waals surface area (Å²) in [6.07, 6.45) is 2.61. The zero-order valence-electron chi connectivity index (χ0n) is 18.2. The second-order valence-corrected chi connectivity index (χ2v) is 7.49. The smallest absolute Gasteiger partial charge is 0.388 e. The van der Waals surface area contributed by atoms with Gasteiger partial charge in [-0.3, -0.25) is 4.79 Å². The van der Waals surface area contributed by atoms with Crippen molar-refractivity contribution in [3.63, 3.8) is 0 Å². The van der Waals surface area contributed by atoms with E-state index in [1.54, 1.807) is 17.7 Å². The molecular weight excluding hydrogens is 461 g/mol. The van der Waals surface area contributed by atoms with Gasteiger partial charge in [0.1, 0.15) is 5.69 Å². The maximum atomic E-state index is 15.1. The maximum Gasteiger partial charge on any atom is 0.388 e. The number of nitrogens with zero attached hydrogens (tertiary/aromatic N) is 6. The van der Waals surface area contributed by atoms with Crippen LogP contribution in [0.2, 0.25) is 0 Å². The first kappa shape index (κ1) is 22.1. The molecule has 0 saturated heterocycles. The van der Waals surface area contributed by atoms with Crippen molar-refractivity contribution in [3.8, 4) is 34.3 Å². The van der Waals surface area contributed by atoms with Gasteiger partial charge in [0.25, 0.3) is 0 Å². The molecule has 0 spiro atoms. The van der Waals surface area contributed by atoms with E-state index in [0.29, 0.717) is 11.4 Å². The van der Waals surface area contributed by atoms with Crippen molar-refractivity contribution in [1.82, 2.24) is 29.3 Å². The Bertz CT molecular complexity index is 1560. The molecule has 0 amide bonds. The van der Waals surface area contributed by atoms with E-state index in [1.165, 1.54) is 41.3 Å². The zero-order chi connectivity index (χ0) is 24.5. The van der Waals surface area contributed by atoms with Gasteiger partial charge in [0.05, 0.1) is 29.0 Å². The number of ether oxygens (including phenoxy) is 1. The molecule has 0 bridgehead atoms. The van der Waals surface area contributed by atoms with E-state index in [2.05, 4.69) is 20.0 Å². The molecular formula is C24H17F3N6O2. The predicted octanol–water partition coefficient (Wildman–Crippen LogP) is 4.32. The molecule has 0 fully saturated rings. The lowest BCUT2D eigenvalue weighted by Gasteiger charge is -2.12. The number of halogens is 3. The molecule has 0 N–H and O–H groups in total. The third-order valence-electron chi connectivity index (χ3n) is 5.12. The van der Waals surface area contributed by atoms with E-state index in [1.807, 2.05) is 30.3 Å². The van der Waals surface area contributed by atoms with Gasteiger partial charge in [-0.1, -0.05) is 18.2 Å². The highest BCUT2D eigenvalue weighted by Gasteiger charge is 2.17. The van der Waals surface area contributed by atoms with Crippen LogP contribution in [0.4, 0.5) is 13.2 Å². The Balaban J connectivity index is 1.56. The van der Waals surface area contributed by atoms with Gasteiger partial charge in [0.2, 0.25) is 11.3 Å². The highest BCUT2D eigenvalue weighted by molar-refractivity contribution is 5.58. The minimum atomic E-state index is -3.05. The summed E-state index contributed by atoms with van der Waals surface area (Å²) in [4.78, 5) is 12.7. The van der Waals surface area contributed by atoms with Crippen LogP contribution in [0.1, 0.15) is 5.69 Å². The molecule has 0 aliphatic rings. The average molecular weight is 478 g/mol. The molecule has 0 radical (unpaired) electrons. The summed E-state index contributed by atoms with van der Waals surface area (Å²) in [7, 11) is 0. The lowest BCUT2D eigenvalue weighted by Crippen LogP contribution is -2.15. The lowest BCUT2D eigenvalue weighted by atomic mass is 10.2. The van der Waals surface area contributed by atoms with E-state index in [4.69, 9.17) is 0 Å². The third-order valence-corrected chi connectivity index (χ3v) is 5.12. The van der Waals surface area contributed by atoms with Crippen LogP contribution in [0.3, 0.4) is 0 Å². The Morgan fingerprint density at radius 2 is 1.71 bits per heavy atom. The van der Waals surface area contributed by atoms with Gasteiger partial charge in [0, 0.05) is 24.4 Å². The minimum absolute atomic E-state index is 0.0426. The van der Waals surface area contributed by atoms with Gasteiger partial charge in [-0.25, -0.2) is 18.4 Å². The summed E-state index contributed by atoms with van der Waals surface area (Å²) in [6.45, 7) is -1.25. The molecule has 11 heteroatoms. The molecule has 8 nitrogen and oxygen atoms in total. The van der Waals surface area contributed by atoms with Crippen LogP contribution in [0.15, 0.2) is 83.9 Å². The Labute approximate surface area is 196 Å². The topological polar surface area (TPSA) is 79.8 Å². The van der Waals surface area contributed by atoms with Gasteiger partial charge >= 0.3 is 6.61 Å². The van der Waals surface area contributed by atoms with Crippen molar-refractivity contribution < 1.29 is 17.9 Å². The molecule has 35 heavy (non-hydrogen) atoms. The molecule has 0 atom stereocenters. The fourth-order valence-electron chi connectivity index (χ4n) is 3.63. The molecule has 5 rings (SSSR count). The van der Waals surface area contributed by atoms with Gasteiger partial charge in [-0.2, -0.15) is 24.1 Å². The summed E-state index contributed by atoms with van der Waals surface area (Å²) in [5.74, 6) is -0.948. The van der Waals surface area contributed by atoms with Crippen LogP contribution in [0.5, 0.6) is 5.88 Å². The average Bonchev–Trinajstić information content (AvgIpc) is 3.46. The first-order chi connectivity index (χ1) is 16.9. The third kappa shape index (κ3) is 4.31. The van der Waals surface area contributed by atoms with Crippen molar-refractivity contribution >= 4 is 0 Å². The molecule has 176 valence electrons. The van der Waals surface area contributed by atoms with Crippen LogP contribution < -0.4 is 10.2 Å². The summed E-state index contributed by atoms with van der Waals surface area (Å²) in [5, 5.41) is 12.8. The SMILES string of the molecule is Cc1cc(-c2nn(-c3ccc(-n4nccc4OC(F)F)cc3F)ccc2=O)n(-c2ccccc2)n1. The number of hydrogen-bond donors (Lipinski definition) is 0. The van der Waals surface area contributed by atoms with E-state index in [9.17, 15) is 13.6 Å². The highest BCUT2D eigenvalue weighted by atomic mass is 19.3. The van der Waals surface area contributed by atoms with Crippen LogP contribution in [-0.4, -0.2) is 36.0 Å². The Kier molecular flexibility index (Phi) is 5.65. The maximum absolute atomic E-state index is 15.1. The lowest BCUT2D eigenvalue weighted by molar-refractivity contribution is -0.0544. The molecule has 3 heterocycles. The number of rotatable bonds is 6. The zero-order valence-corrected chi connectivity index (χ0v) is 18.2. The van der Waals surface area contributed by atoms with Gasteiger partial charge < -0.3 is 4.74 Å². The molecule has 0 unspecified atom stereocenters. The quantitative estimate of drug-likeness (QED) is 0.363. The van der Waals surface area contributed by atoms with Crippen LogP contribution in [0, 0.1) is 12.7 Å². The summed E-state index contributed by atoms with van der Waals surface area (Å²) < 4.78 is 48.7. The molecule has 0 saturated carbocycles. The van der Waals surface area contributed by atoms with Crippen molar-refractivity contribution in [2.45, 2.75) is 13.5 Å². The van der Waals surface area contributed by atoms with Crippen LogP contribution >= 0.6 is 0 Å². The van der Waals surface area contributed by atoms with E-state index in [-0.39, 0.29) is 28.4 Å². The summed E-state index contributed by atoms with van der Waals surface area (Å²) in [5.41, 5.74) is 1.81. The fraction of sp³-hybridized carbons (Fsp3) is 0.0833. The van der Waals surface area contributed by atoms with Crippen molar-refractivity contribution in [2.24, 2.45) is 0 Å². The molecule has 3 aromatic heterocycles. The fourth-order valence-corrected chi connectivity index (χ4v) is 3.63. The Hall–Kier alpha value is -4.67. The second kappa shape index (κ2) is 8.93. The van der Waals surface area contributed by atoms with Crippen molar-refractivity contribution in [2.75, 3.05) is 0 Å². The van der Waals surface area contributed by atoms with Crippen molar-refractivity contribution in [1.29, 1.82) is 0 Å². The van der Waals surface area contributed by atoms with Crippen LogP contribution in [0.25, 0.3) is 28.5 Å². The highest BCUT2D eigenvalue weighted by Crippen LogP contribution is 2.24. The standard InChI is InChI=1S/C24H17F3N6O2/c1-15-13-20(32(29-15)16-5-3-2-4-6-16)23-21(34)10-12-31(30-23)19-8-7-17(14-18(19)25)33-22(9-11-28-33)35-24(26)27/h2-14,24H,1H3. The number of aryl methyl sites for hydroxylation is 1. The van der Waals surface area contributed by atoms with E-state index in [0.717, 1.165) is 16.4 Å². The number of aromatic nitrogens is 6. The van der Waals surface area contributed by atoms with E-state index >= 15 is 4.39 Å². The van der Waals surface area contributed by atoms with Gasteiger partial charge in [-0.15, -0.1) is 0 Å². The Morgan fingerprint density at radius 3 is 2.46 bits per heavy atom. The number of alkyl halides is 2. The summed E-state index contributed by atoms with van der Waals surface area (Å²) >= 11 is 0. The summed E-state index contributed by atoms with van der Waals surface area (Å²) in [6, 6.07) is 17.5. The monoisotopic (exact) mass is 478 g/mol. The largest absolute Gasteiger partial charge is 0.417 e. The van der Waals surface area contributed by atoms with Gasteiger partial charge in [0.15, 0.2) is 11.5 Å². The molecule has 0 aliphatic heterocycles. The van der Waals surface area contributed by atoms with E-state index < -0.39 is 12.4 Å². The number of para-hydroxylation sites is 1. The number of hydrogen-bond acceptors (Lipinski definition) is 5. The normalized spacial score (nSPS) is 11.2. The van der Waals surface area contributed by atoms with Gasteiger partial charge in [-0.05, 0) is 37.3 Å². The van der Waals surface area contributed by atoms with Crippen LogP contribution in [-0.2, 0) is 0 Å². The first-order valence-electron chi connectivity index (χ1n) is 10.4. The number of benzene rings is 2. The Morgan fingerprint density at radius 1 is 0.914 bits per heavy atom. The minimum Gasteiger partial charge on any atom is -0.417 e. The second-order valence-electron chi connectivity index (χ2n) is 7.49. The molecule has 0 aliphatic carbocycles. The molecule has 5 aromatic rings. The van der Waals surface area contributed by atoms with Crippen molar-refractivity contribution in [3.05, 3.63) is 101 Å².